The molecule has 0 spiro atoms. The summed E-state index contributed by atoms with van der Waals surface area (Å²) in [6.45, 7) is 3.74. The normalized spacial score (nSPS) is 22.8. The van der Waals surface area contributed by atoms with Crippen molar-refractivity contribution in [2.45, 2.75) is 63.7 Å². The number of halogens is 1. The summed E-state index contributed by atoms with van der Waals surface area (Å²) in [5.74, 6) is 0.809. The number of rotatable bonds is 6. The summed E-state index contributed by atoms with van der Waals surface area (Å²) in [5.41, 5.74) is 1.72. The van der Waals surface area contributed by atoms with Crippen molar-refractivity contribution in [1.29, 1.82) is 0 Å². The second-order valence-corrected chi connectivity index (χ2v) is 9.92. The number of imidazole rings is 1. The van der Waals surface area contributed by atoms with E-state index in [4.69, 9.17) is 9.97 Å². The third kappa shape index (κ3) is 5.06. The molecule has 2 heterocycles. The molecule has 0 bridgehead atoms. The molecule has 0 radical (unpaired) electrons. The van der Waals surface area contributed by atoms with Crippen molar-refractivity contribution in [3.05, 3.63) is 60.2 Å². The van der Waals surface area contributed by atoms with Gasteiger partial charge < -0.3 is 20.8 Å². The van der Waals surface area contributed by atoms with Gasteiger partial charge in [-0.15, -0.1) is 0 Å². The quantitative estimate of drug-likeness (QED) is 0.402. The van der Waals surface area contributed by atoms with Crippen molar-refractivity contribution in [2.24, 2.45) is 5.92 Å². The van der Waals surface area contributed by atoms with E-state index in [1.54, 1.807) is 30.5 Å². The molecule has 3 aromatic rings. The summed E-state index contributed by atoms with van der Waals surface area (Å²) in [5, 5.41) is 26.5. The van der Waals surface area contributed by atoms with Gasteiger partial charge >= 0.3 is 0 Å². The first-order valence-electron chi connectivity index (χ1n) is 12.1. The molecule has 1 saturated carbocycles. The van der Waals surface area contributed by atoms with Crippen molar-refractivity contribution in [1.82, 2.24) is 19.5 Å². The number of hydrogen-bond acceptors (Lipinski definition) is 7. The minimum atomic E-state index is -0.718. The van der Waals surface area contributed by atoms with Gasteiger partial charge in [0.1, 0.15) is 11.3 Å². The Balaban J connectivity index is 1.50. The minimum absolute atomic E-state index is 0.0968. The van der Waals surface area contributed by atoms with Crippen LogP contribution in [0.15, 0.2) is 54.4 Å². The molecule has 2 aliphatic carbocycles. The molecule has 1 aromatic carbocycles. The number of nitrogens with one attached hydrogen (secondary N) is 2. The standard InChI is InChI=1S/C26H31FN6O2/c1-26(2,35)16-7-11-18(12-8-16)33-23-22(31-25(33)30-21-6-4-3-5-20(21)27)15-28-24(32-23)29-17-9-13-19(34)14-10-17/h3-6,9-10,13,15-16,18-19,34-35H,7-8,11-12,14H2,1-2H3,(H,30,31)(H,28,29,32)/t16?,18?,19-/m0/s1. The number of aliphatic hydroxyl groups excluding tert-OH is 1. The third-order valence-electron chi connectivity index (χ3n) is 6.95. The van der Waals surface area contributed by atoms with Crippen LogP contribution in [-0.2, 0) is 0 Å². The average Bonchev–Trinajstić information content (AvgIpc) is 3.19. The molecular formula is C26H31FN6O2. The summed E-state index contributed by atoms with van der Waals surface area (Å²) in [4.78, 5) is 13.9. The first kappa shape index (κ1) is 23.4. The molecule has 184 valence electrons. The summed E-state index contributed by atoms with van der Waals surface area (Å²) in [7, 11) is 0. The molecule has 0 unspecified atom stereocenters. The maximum atomic E-state index is 14.4. The number of aliphatic hydroxyl groups is 2. The highest BCUT2D eigenvalue weighted by atomic mass is 19.1. The van der Waals surface area contributed by atoms with Crippen LogP contribution in [0.4, 0.5) is 22.0 Å². The van der Waals surface area contributed by atoms with Crippen LogP contribution in [0.5, 0.6) is 0 Å². The van der Waals surface area contributed by atoms with Crippen molar-refractivity contribution < 1.29 is 14.6 Å². The molecule has 1 atom stereocenters. The Morgan fingerprint density at radius 1 is 1.09 bits per heavy atom. The van der Waals surface area contributed by atoms with E-state index in [0.29, 0.717) is 35.2 Å². The highest BCUT2D eigenvalue weighted by Crippen LogP contribution is 2.40. The van der Waals surface area contributed by atoms with Crippen LogP contribution in [0.2, 0.25) is 0 Å². The predicted molar refractivity (Wildman–Crippen MR) is 134 cm³/mol. The zero-order valence-electron chi connectivity index (χ0n) is 19.9. The maximum Gasteiger partial charge on any atom is 0.229 e. The van der Waals surface area contributed by atoms with E-state index in [1.165, 1.54) is 6.07 Å². The van der Waals surface area contributed by atoms with Crippen LogP contribution in [-0.4, -0.2) is 41.4 Å². The monoisotopic (exact) mass is 478 g/mol. The minimum Gasteiger partial charge on any atom is -0.390 e. The number of aromatic nitrogens is 4. The number of benzene rings is 1. The van der Waals surface area contributed by atoms with E-state index in [1.807, 2.05) is 30.6 Å². The number of anilines is 3. The van der Waals surface area contributed by atoms with E-state index in [-0.39, 0.29) is 17.8 Å². The molecular weight excluding hydrogens is 447 g/mol. The molecule has 0 amide bonds. The molecule has 9 heteroatoms. The van der Waals surface area contributed by atoms with Gasteiger partial charge in [0.05, 0.1) is 23.6 Å². The molecule has 1 fully saturated rings. The Hall–Kier alpha value is -3.30. The molecule has 0 saturated heterocycles. The predicted octanol–water partition coefficient (Wildman–Crippen LogP) is 4.83. The lowest BCUT2D eigenvalue weighted by Gasteiger charge is -2.36. The van der Waals surface area contributed by atoms with Gasteiger partial charge in [0.15, 0.2) is 5.65 Å². The highest BCUT2D eigenvalue weighted by Gasteiger charge is 2.33. The van der Waals surface area contributed by atoms with Gasteiger partial charge in [-0.2, -0.15) is 4.98 Å². The number of fused-ring (bicyclic) bond motifs is 1. The number of hydrogen-bond donors (Lipinski definition) is 4. The Kier molecular flexibility index (Phi) is 6.29. The smallest absolute Gasteiger partial charge is 0.229 e. The zero-order valence-corrected chi connectivity index (χ0v) is 19.9. The lowest BCUT2D eigenvalue weighted by atomic mass is 9.77. The fraction of sp³-hybridized carbons (Fsp3) is 0.423. The summed E-state index contributed by atoms with van der Waals surface area (Å²) in [6.07, 6.45) is 10.6. The van der Waals surface area contributed by atoms with Crippen LogP contribution in [0.1, 0.15) is 52.0 Å². The summed E-state index contributed by atoms with van der Waals surface area (Å²) >= 11 is 0. The van der Waals surface area contributed by atoms with E-state index in [0.717, 1.165) is 31.4 Å². The van der Waals surface area contributed by atoms with Gasteiger partial charge in [0.25, 0.3) is 0 Å². The van der Waals surface area contributed by atoms with Gasteiger partial charge in [0, 0.05) is 11.7 Å². The van der Waals surface area contributed by atoms with E-state index < -0.39 is 11.7 Å². The lowest BCUT2D eigenvalue weighted by molar-refractivity contribution is -0.00457. The fourth-order valence-corrected chi connectivity index (χ4v) is 4.94. The summed E-state index contributed by atoms with van der Waals surface area (Å²) < 4.78 is 16.5. The van der Waals surface area contributed by atoms with Crippen LogP contribution >= 0.6 is 0 Å². The summed E-state index contributed by atoms with van der Waals surface area (Å²) in [6, 6.07) is 6.61. The zero-order chi connectivity index (χ0) is 24.6. The third-order valence-corrected chi connectivity index (χ3v) is 6.95. The lowest BCUT2D eigenvalue weighted by Crippen LogP contribution is -2.34. The van der Waals surface area contributed by atoms with Gasteiger partial charge in [-0.3, -0.25) is 4.57 Å². The largest absolute Gasteiger partial charge is 0.390 e. The number of allylic oxidation sites excluding steroid dienone is 1. The molecule has 2 aliphatic rings. The Labute approximate surface area is 203 Å². The second kappa shape index (κ2) is 9.39. The molecule has 0 aliphatic heterocycles. The Bertz CT molecular complexity index is 1270. The topological polar surface area (TPSA) is 108 Å². The van der Waals surface area contributed by atoms with Crippen molar-refractivity contribution >= 4 is 28.7 Å². The maximum absolute atomic E-state index is 14.4. The van der Waals surface area contributed by atoms with Crippen molar-refractivity contribution in [3.63, 3.8) is 0 Å². The van der Waals surface area contributed by atoms with E-state index >= 15 is 0 Å². The van der Waals surface area contributed by atoms with Gasteiger partial charge in [-0.25, -0.2) is 14.4 Å². The highest BCUT2D eigenvalue weighted by molar-refractivity contribution is 5.77. The molecule has 5 rings (SSSR count). The van der Waals surface area contributed by atoms with Gasteiger partial charge in [-0.1, -0.05) is 24.3 Å². The molecule has 4 N–H and O–H groups in total. The van der Waals surface area contributed by atoms with Crippen molar-refractivity contribution in [2.75, 3.05) is 10.6 Å². The van der Waals surface area contributed by atoms with Crippen LogP contribution in [0.25, 0.3) is 11.2 Å². The van der Waals surface area contributed by atoms with Crippen LogP contribution in [0, 0.1) is 11.7 Å². The van der Waals surface area contributed by atoms with E-state index in [2.05, 4.69) is 15.6 Å². The average molecular weight is 479 g/mol. The van der Waals surface area contributed by atoms with Crippen molar-refractivity contribution in [3.8, 4) is 0 Å². The number of para-hydroxylation sites is 1. The van der Waals surface area contributed by atoms with E-state index in [9.17, 15) is 14.6 Å². The fourth-order valence-electron chi connectivity index (χ4n) is 4.94. The SMILES string of the molecule is CC(C)(O)C1CCC(n2c(Nc3ccccc3F)nc3cnc(NC4=CC[C@@H](O)C=C4)nc32)CC1. The Morgan fingerprint density at radius 3 is 2.54 bits per heavy atom. The number of nitrogens with zero attached hydrogens (tertiary/aromatic N) is 4. The van der Waals surface area contributed by atoms with Gasteiger partial charge in [-0.05, 0) is 70.1 Å². The van der Waals surface area contributed by atoms with Crippen LogP contribution in [0.3, 0.4) is 0 Å². The molecule has 35 heavy (non-hydrogen) atoms. The van der Waals surface area contributed by atoms with Crippen LogP contribution < -0.4 is 10.6 Å². The van der Waals surface area contributed by atoms with Gasteiger partial charge in [0.2, 0.25) is 11.9 Å². The molecule has 8 nitrogen and oxygen atoms in total. The first-order chi connectivity index (χ1) is 16.8. The molecule has 2 aromatic heterocycles. The Morgan fingerprint density at radius 2 is 1.86 bits per heavy atom. The first-order valence-corrected chi connectivity index (χ1v) is 12.1. The second-order valence-electron chi connectivity index (χ2n) is 9.92.